The summed E-state index contributed by atoms with van der Waals surface area (Å²) >= 11 is 0. The molecule has 5 atom stereocenters. The highest BCUT2D eigenvalue weighted by atomic mass is 32.2. The molecule has 50 heavy (non-hydrogen) atoms. The number of nitrogens with zero attached hydrogens (tertiary/aromatic N) is 1. The van der Waals surface area contributed by atoms with Gasteiger partial charge in [-0.25, -0.2) is 8.42 Å². The zero-order valence-corrected chi connectivity index (χ0v) is 30.3. The molecule has 0 radical (unpaired) electrons. The van der Waals surface area contributed by atoms with Gasteiger partial charge in [-0.3, -0.25) is 13.9 Å². The molecule has 0 spiro atoms. The first-order valence-electron chi connectivity index (χ1n) is 17.0. The van der Waals surface area contributed by atoms with Gasteiger partial charge in [0.1, 0.15) is 5.75 Å². The van der Waals surface area contributed by atoms with E-state index in [1.165, 1.54) is 19.2 Å². The van der Waals surface area contributed by atoms with Crippen LogP contribution in [0.25, 0.3) is 0 Å². The van der Waals surface area contributed by atoms with Crippen LogP contribution in [0.5, 0.6) is 5.75 Å². The van der Waals surface area contributed by atoms with E-state index in [-0.39, 0.29) is 53.1 Å². The normalized spacial score (nSPS) is 14.6. The highest BCUT2D eigenvalue weighted by Crippen LogP contribution is 2.32. The number of carbonyl (C=O) groups is 2. The summed E-state index contributed by atoms with van der Waals surface area (Å²) in [6.07, 6.45) is 0.868. The summed E-state index contributed by atoms with van der Waals surface area (Å²) in [7, 11) is -0.712. The van der Waals surface area contributed by atoms with Gasteiger partial charge in [-0.1, -0.05) is 79.7 Å². The standard InChI is InChI=1S/C41H49NO7S/c1-28(31-15-10-7-11-16-31)21-40(45)34-23-35(25-36(24-34)42(3)50(5,47)48)41(46)27-33(22-30-13-8-6-9-14-30)39(44)20-19-38(29(2)43)32-17-12-18-37(26-32)49-4/h6-18,23-26,28-29,33,38-39,43-44H,19-22,27H2,1-5H3/t28-,29+,33+,38+,39+/m0/s1. The van der Waals surface area contributed by atoms with E-state index in [1.54, 1.807) is 20.1 Å². The molecule has 0 aromatic heterocycles. The average molecular weight is 700 g/mol. The number of aliphatic hydroxyl groups is 2. The third kappa shape index (κ3) is 10.6. The van der Waals surface area contributed by atoms with Crippen LogP contribution >= 0.6 is 0 Å². The van der Waals surface area contributed by atoms with Gasteiger partial charge < -0.3 is 14.9 Å². The predicted octanol–water partition coefficient (Wildman–Crippen LogP) is 7.20. The number of rotatable bonds is 18. The van der Waals surface area contributed by atoms with E-state index >= 15 is 0 Å². The highest BCUT2D eigenvalue weighted by Gasteiger charge is 2.28. The zero-order valence-electron chi connectivity index (χ0n) is 29.5. The van der Waals surface area contributed by atoms with E-state index in [0.29, 0.717) is 25.0 Å². The van der Waals surface area contributed by atoms with Crippen LogP contribution in [-0.4, -0.2) is 62.8 Å². The molecular weight excluding hydrogens is 651 g/mol. The first-order chi connectivity index (χ1) is 23.8. The van der Waals surface area contributed by atoms with Crippen molar-refractivity contribution in [1.29, 1.82) is 0 Å². The van der Waals surface area contributed by atoms with Crippen LogP contribution in [0.3, 0.4) is 0 Å². The summed E-state index contributed by atoms with van der Waals surface area (Å²) in [5.41, 5.74) is 3.53. The van der Waals surface area contributed by atoms with Gasteiger partial charge in [0.15, 0.2) is 11.6 Å². The van der Waals surface area contributed by atoms with Crippen molar-refractivity contribution < 1.29 is 33.0 Å². The Hall–Kier alpha value is -4.31. The van der Waals surface area contributed by atoms with Crippen LogP contribution in [0.4, 0.5) is 5.69 Å². The van der Waals surface area contributed by atoms with Crippen molar-refractivity contribution in [2.24, 2.45) is 5.92 Å². The van der Waals surface area contributed by atoms with Crippen molar-refractivity contribution in [3.8, 4) is 5.75 Å². The minimum absolute atomic E-state index is 0.0331. The fourth-order valence-electron chi connectivity index (χ4n) is 6.36. The van der Waals surface area contributed by atoms with E-state index < -0.39 is 28.1 Å². The molecular formula is C41H49NO7S. The van der Waals surface area contributed by atoms with Crippen molar-refractivity contribution in [3.63, 3.8) is 0 Å². The number of hydrogen-bond acceptors (Lipinski definition) is 7. The molecule has 0 fully saturated rings. The van der Waals surface area contributed by atoms with Crippen LogP contribution in [0.15, 0.2) is 103 Å². The maximum atomic E-state index is 14.1. The predicted molar refractivity (Wildman–Crippen MR) is 199 cm³/mol. The van der Waals surface area contributed by atoms with E-state index in [0.717, 1.165) is 27.3 Å². The quantitative estimate of drug-likeness (QED) is 0.105. The van der Waals surface area contributed by atoms with E-state index in [1.807, 2.05) is 91.9 Å². The lowest BCUT2D eigenvalue weighted by molar-refractivity contribution is 0.0692. The first kappa shape index (κ1) is 38.5. The Morgan fingerprint density at radius 2 is 1.34 bits per heavy atom. The monoisotopic (exact) mass is 699 g/mol. The van der Waals surface area contributed by atoms with Gasteiger partial charge in [-0.2, -0.15) is 0 Å². The number of Topliss-reactive ketones (excluding diaryl/α,β-unsaturated/α-hetero) is 2. The maximum Gasteiger partial charge on any atom is 0.231 e. The second-order valence-corrected chi connectivity index (χ2v) is 15.3. The summed E-state index contributed by atoms with van der Waals surface area (Å²) in [6.45, 7) is 3.68. The zero-order chi connectivity index (χ0) is 36.4. The summed E-state index contributed by atoms with van der Waals surface area (Å²) < 4.78 is 31.5. The largest absolute Gasteiger partial charge is 0.497 e. The van der Waals surface area contributed by atoms with E-state index in [2.05, 4.69) is 0 Å². The molecule has 0 saturated heterocycles. The number of hydrogen-bond donors (Lipinski definition) is 2. The lowest BCUT2D eigenvalue weighted by atomic mass is 9.82. The van der Waals surface area contributed by atoms with Crippen molar-refractivity contribution in [3.05, 3.63) is 131 Å². The second kappa shape index (κ2) is 17.6. The Bertz CT molecular complexity index is 1830. The van der Waals surface area contributed by atoms with Crippen molar-refractivity contribution in [2.75, 3.05) is 24.7 Å². The van der Waals surface area contributed by atoms with Gasteiger partial charge in [0.05, 0.1) is 31.3 Å². The molecule has 0 aliphatic rings. The van der Waals surface area contributed by atoms with Crippen LogP contribution < -0.4 is 9.04 Å². The van der Waals surface area contributed by atoms with Gasteiger partial charge in [0.25, 0.3) is 0 Å². The number of methoxy groups -OCH3 is 1. The Kier molecular flexibility index (Phi) is 13.5. The molecule has 0 bridgehead atoms. The van der Waals surface area contributed by atoms with Crippen molar-refractivity contribution >= 4 is 27.3 Å². The number of sulfonamides is 1. The smallest absolute Gasteiger partial charge is 0.231 e. The SMILES string of the molecule is COc1cccc([C@H](CC[C@@H](O)[C@@H](CC(=O)c2cc(C(=O)C[C@H](C)c3ccccc3)cc(N(C)S(C)(=O)=O)c2)Cc2ccccc2)[C@@H](C)O)c1. The summed E-state index contributed by atoms with van der Waals surface area (Å²) in [5, 5.41) is 22.3. The number of ether oxygens (including phenoxy) is 1. The Balaban J connectivity index is 1.62. The Labute approximate surface area is 296 Å². The molecule has 2 N–H and O–H groups in total. The van der Waals surface area contributed by atoms with Crippen molar-refractivity contribution in [2.45, 2.75) is 70.0 Å². The van der Waals surface area contributed by atoms with Crippen LogP contribution in [0.1, 0.15) is 88.8 Å². The highest BCUT2D eigenvalue weighted by molar-refractivity contribution is 7.92. The lowest BCUT2D eigenvalue weighted by Crippen LogP contribution is -2.28. The van der Waals surface area contributed by atoms with Gasteiger partial charge in [-0.05, 0) is 85.0 Å². The molecule has 266 valence electrons. The fraction of sp³-hybridized carbons (Fsp3) is 0.366. The van der Waals surface area contributed by atoms with E-state index in [9.17, 15) is 28.2 Å². The molecule has 8 nitrogen and oxygen atoms in total. The number of carbonyl (C=O) groups excluding carboxylic acids is 2. The van der Waals surface area contributed by atoms with Gasteiger partial charge >= 0.3 is 0 Å². The van der Waals surface area contributed by atoms with Gasteiger partial charge in [0, 0.05) is 36.9 Å². The number of ketones is 2. The summed E-state index contributed by atoms with van der Waals surface area (Å²) in [5.74, 6) is -0.675. The molecule has 4 aromatic carbocycles. The van der Waals surface area contributed by atoms with Crippen LogP contribution in [0.2, 0.25) is 0 Å². The summed E-state index contributed by atoms with van der Waals surface area (Å²) in [6, 6.07) is 31.4. The van der Waals surface area contributed by atoms with Gasteiger partial charge in [-0.15, -0.1) is 0 Å². The Morgan fingerprint density at radius 3 is 1.92 bits per heavy atom. The molecule has 4 rings (SSSR count). The topological polar surface area (TPSA) is 121 Å². The summed E-state index contributed by atoms with van der Waals surface area (Å²) in [4.78, 5) is 27.7. The first-order valence-corrected chi connectivity index (χ1v) is 18.9. The number of aliphatic hydroxyl groups excluding tert-OH is 2. The van der Waals surface area contributed by atoms with Crippen molar-refractivity contribution in [1.82, 2.24) is 0 Å². The number of benzene rings is 4. The molecule has 0 aliphatic heterocycles. The molecule has 0 aliphatic carbocycles. The fourth-order valence-corrected chi connectivity index (χ4v) is 6.85. The molecule has 4 aromatic rings. The molecule has 0 amide bonds. The van der Waals surface area contributed by atoms with E-state index in [4.69, 9.17) is 4.74 Å². The molecule has 0 unspecified atom stereocenters. The average Bonchev–Trinajstić information content (AvgIpc) is 3.11. The molecule has 9 heteroatoms. The lowest BCUT2D eigenvalue weighted by Gasteiger charge is -2.27. The van der Waals surface area contributed by atoms with Gasteiger partial charge in [0.2, 0.25) is 10.0 Å². The van der Waals surface area contributed by atoms with Crippen LogP contribution in [0, 0.1) is 5.92 Å². The number of anilines is 1. The Morgan fingerprint density at radius 1 is 0.760 bits per heavy atom. The van der Waals surface area contributed by atoms with Crippen LogP contribution in [-0.2, 0) is 16.4 Å². The molecule has 0 saturated carbocycles. The second-order valence-electron chi connectivity index (χ2n) is 13.3. The third-order valence-corrected chi connectivity index (χ3v) is 10.7. The third-order valence-electron chi connectivity index (χ3n) is 9.49. The minimum Gasteiger partial charge on any atom is -0.497 e. The maximum absolute atomic E-state index is 14.1. The minimum atomic E-state index is -3.69. The molecule has 0 heterocycles.